The van der Waals surface area contributed by atoms with Gasteiger partial charge in [-0.25, -0.2) is 0 Å². The van der Waals surface area contributed by atoms with Crippen LogP contribution in [0.2, 0.25) is 5.02 Å². The normalized spacial score (nSPS) is 17.0. The molecule has 0 spiro atoms. The van der Waals surface area contributed by atoms with Crippen molar-refractivity contribution in [2.45, 2.75) is 25.8 Å². The SMILES string of the molecule is CCc1cc(OC)ccc1C1NCCc2c1[nH]c1ccc(Cl)cc21. The number of benzene rings is 2. The van der Waals surface area contributed by atoms with Crippen LogP contribution in [-0.4, -0.2) is 18.6 Å². The molecule has 2 N–H and O–H groups in total. The van der Waals surface area contributed by atoms with E-state index in [0.717, 1.165) is 35.7 Å². The molecule has 2 aromatic carbocycles. The van der Waals surface area contributed by atoms with E-state index in [1.165, 1.54) is 27.8 Å². The van der Waals surface area contributed by atoms with E-state index >= 15 is 0 Å². The Kier molecular flexibility index (Phi) is 3.99. The minimum Gasteiger partial charge on any atom is -0.497 e. The summed E-state index contributed by atoms with van der Waals surface area (Å²) in [4.78, 5) is 3.62. The number of methoxy groups -OCH3 is 1. The second-order valence-electron chi connectivity index (χ2n) is 6.26. The Morgan fingerprint density at radius 2 is 2.08 bits per heavy atom. The summed E-state index contributed by atoms with van der Waals surface area (Å²) in [7, 11) is 1.72. The highest BCUT2D eigenvalue weighted by Crippen LogP contribution is 2.36. The lowest BCUT2D eigenvalue weighted by atomic mass is 9.90. The summed E-state index contributed by atoms with van der Waals surface area (Å²) in [5.41, 5.74) is 6.44. The van der Waals surface area contributed by atoms with Crippen LogP contribution in [0.3, 0.4) is 0 Å². The van der Waals surface area contributed by atoms with E-state index in [-0.39, 0.29) is 6.04 Å². The number of H-pyrrole nitrogens is 1. The highest BCUT2D eigenvalue weighted by atomic mass is 35.5. The van der Waals surface area contributed by atoms with Gasteiger partial charge in [-0.1, -0.05) is 24.6 Å². The van der Waals surface area contributed by atoms with Gasteiger partial charge in [0.15, 0.2) is 0 Å². The molecule has 0 saturated heterocycles. The molecule has 0 fully saturated rings. The van der Waals surface area contributed by atoms with Crippen molar-refractivity contribution in [1.82, 2.24) is 10.3 Å². The van der Waals surface area contributed by atoms with Gasteiger partial charge in [0.2, 0.25) is 0 Å². The van der Waals surface area contributed by atoms with E-state index in [0.29, 0.717) is 0 Å². The van der Waals surface area contributed by atoms with Crippen molar-refractivity contribution in [2.24, 2.45) is 0 Å². The molecule has 1 aromatic heterocycles. The smallest absolute Gasteiger partial charge is 0.119 e. The van der Waals surface area contributed by atoms with E-state index in [1.54, 1.807) is 7.11 Å². The molecule has 4 heteroatoms. The molecule has 0 saturated carbocycles. The van der Waals surface area contributed by atoms with E-state index in [1.807, 2.05) is 12.1 Å². The number of aromatic amines is 1. The van der Waals surface area contributed by atoms with E-state index < -0.39 is 0 Å². The average Bonchev–Trinajstić information content (AvgIpc) is 2.99. The van der Waals surface area contributed by atoms with Gasteiger partial charge in [-0.3, -0.25) is 0 Å². The summed E-state index contributed by atoms with van der Waals surface area (Å²) < 4.78 is 5.39. The van der Waals surface area contributed by atoms with Crippen LogP contribution in [0.5, 0.6) is 5.75 Å². The van der Waals surface area contributed by atoms with Crippen LogP contribution in [0.1, 0.15) is 35.3 Å². The zero-order chi connectivity index (χ0) is 16.7. The average molecular weight is 341 g/mol. The first-order chi connectivity index (χ1) is 11.7. The van der Waals surface area contributed by atoms with E-state index in [2.05, 4.69) is 41.5 Å². The molecule has 1 aliphatic heterocycles. The lowest BCUT2D eigenvalue weighted by Gasteiger charge is -2.27. The zero-order valence-corrected chi connectivity index (χ0v) is 14.7. The fourth-order valence-corrected chi connectivity index (χ4v) is 3.93. The lowest BCUT2D eigenvalue weighted by Crippen LogP contribution is -2.31. The van der Waals surface area contributed by atoms with Crippen LogP contribution in [-0.2, 0) is 12.8 Å². The highest BCUT2D eigenvalue weighted by molar-refractivity contribution is 6.31. The predicted octanol–water partition coefficient (Wildman–Crippen LogP) is 4.63. The standard InChI is InChI=1S/C20H21ClN2O/c1-3-12-10-14(24-2)5-6-15(12)19-20-16(8-9-22-19)17-11-13(21)4-7-18(17)23-20/h4-7,10-11,19,22-23H,3,8-9H2,1-2H3. The van der Waals surface area contributed by atoms with Gasteiger partial charge in [0.25, 0.3) is 0 Å². The largest absolute Gasteiger partial charge is 0.497 e. The van der Waals surface area contributed by atoms with Crippen LogP contribution in [0.15, 0.2) is 36.4 Å². The van der Waals surface area contributed by atoms with Gasteiger partial charge in [0.05, 0.1) is 13.2 Å². The fourth-order valence-electron chi connectivity index (χ4n) is 3.76. The fraction of sp³-hybridized carbons (Fsp3) is 0.300. The maximum atomic E-state index is 6.21. The molecule has 24 heavy (non-hydrogen) atoms. The number of halogens is 1. The molecule has 4 rings (SSSR count). The number of rotatable bonds is 3. The molecule has 0 aliphatic carbocycles. The van der Waals surface area contributed by atoms with Crippen molar-refractivity contribution in [3.8, 4) is 5.75 Å². The first-order valence-corrected chi connectivity index (χ1v) is 8.79. The highest BCUT2D eigenvalue weighted by Gasteiger charge is 2.26. The minimum absolute atomic E-state index is 0.181. The quantitative estimate of drug-likeness (QED) is 0.729. The molecule has 2 heterocycles. The van der Waals surface area contributed by atoms with Crippen LogP contribution in [0.25, 0.3) is 10.9 Å². The number of hydrogen-bond donors (Lipinski definition) is 2. The van der Waals surface area contributed by atoms with Gasteiger partial charge in [0.1, 0.15) is 5.75 Å². The molecule has 124 valence electrons. The van der Waals surface area contributed by atoms with E-state index in [9.17, 15) is 0 Å². The van der Waals surface area contributed by atoms with Gasteiger partial charge in [-0.05, 0) is 59.9 Å². The molecule has 1 unspecified atom stereocenters. The number of hydrogen-bond acceptors (Lipinski definition) is 2. The summed E-state index contributed by atoms with van der Waals surface area (Å²) in [6.07, 6.45) is 2.00. The van der Waals surface area contributed by atoms with Crippen molar-refractivity contribution in [2.75, 3.05) is 13.7 Å². The molecular weight excluding hydrogens is 320 g/mol. The van der Waals surface area contributed by atoms with Crippen LogP contribution < -0.4 is 10.1 Å². The predicted molar refractivity (Wildman–Crippen MR) is 99.2 cm³/mol. The molecular formula is C20H21ClN2O. The minimum atomic E-state index is 0.181. The Morgan fingerprint density at radius 1 is 1.21 bits per heavy atom. The van der Waals surface area contributed by atoms with Crippen molar-refractivity contribution in [1.29, 1.82) is 0 Å². The summed E-state index contributed by atoms with van der Waals surface area (Å²) in [6, 6.07) is 12.6. The van der Waals surface area contributed by atoms with Crippen molar-refractivity contribution < 1.29 is 4.74 Å². The van der Waals surface area contributed by atoms with Gasteiger partial charge in [-0.15, -0.1) is 0 Å². The Morgan fingerprint density at radius 3 is 2.88 bits per heavy atom. The van der Waals surface area contributed by atoms with E-state index in [4.69, 9.17) is 16.3 Å². The third kappa shape index (κ3) is 2.48. The summed E-state index contributed by atoms with van der Waals surface area (Å²) >= 11 is 6.21. The molecule has 3 aromatic rings. The number of ether oxygens (including phenoxy) is 1. The lowest BCUT2D eigenvalue weighted by molar-refractivity contribution is 0.413. The first-order valence-electron chi connectivity index (χ1n) is 8.41. The second-order valence-corrected chi connectivity index (χ2v) is 6.70. The summed E-state index contributed by atoms with van der Waals surface area (Å²) in [5, 5.41) is 5.71. The summed E-state index contributed by atoms with van der Waals surface area (Å²) in [5.74, 6) is 0.912. The van der Waals surface area contributed by atoms with Gasteiger partial charge in [0, 0.05) is 28.2 Å². The number of fused-ring (bicyclic) bond motifs is 3. The Bertz CT molecular complexity index is 900. The Labute approximate surface area is 147 Å². The second kappa shape index (κ2) is 6.15. The van der Waals surface area contributed by atoms with Crippen LogP contribution in [0.4, 0.5) is 0 Å². The molecule has 3 nitrogen and oxygen atoms in total. The first kappa shape index (κ1) is 15.6. The summed E-state index contributed by atoms with van der Waals surface area (Å²) in [6.45, 7) is 3.15. The van der Waals surface area contributed by atoms with Crippen molar-refractivity contribution in [3.63, 3.8) is 0 Å². The molecule has 1 aliphatic rings. The van der Waals surface area contributed by atoms with Crippen molar-refractivity contribution in [3.05, 3.63) is 63.8 Å². The number of aromatic nitrogens is 1. The maximum absolute atomic E-state index is 6.21. The van der Waals surface area contributed by atoms with Gasteiger partial charge >= 0.3 is 0 Å². The third-order valence-corrected chi connectivity index (χ3v) is 5.19. The van der Waals surface area contributed by atoms with Crippen LogP contribution >= 0.6 is 11.6 Å². The number of aryl methyl sites for hydroxylation is 1. The Hall–Kier alpha value is -1.97. The molecule has 1 atom stereocenters. The van der Waals surface area contributed by atoms with Gasteiger partial charge < -0.3 is 15.0 Å². The number of nitrogens with one attached hydrogen (secondary N) is 2. The maximum Gasteiger partial charge on any atom is 0.119 e. The Balaban J connectivity index is 1.86. The molecule has 0 bridgehead atoms. The molecule has 0 amide bonds. The van der Waals surface area contributed by atoms with Gasteiger partial charge in [-0.2, -0.15) is 0 Å². The topological polar surface area (TPSA) is 37.0 Å². The monoisotopic (exact) mass is 340 g/mol. The third-order valence-electron chi connectivity index (χ3n) is 4.96. The van der Waals surface area contributed by atoms with Crippen LogP contribution in [0, 0.1) is 0 Å². The zero-order valence-electron chi connectivity index (χ0n) is 13.9. The molecule has 0 radical (unpaired) electrons. The van der Waals surface area contributed by atoms with Crippen molar-refractivity contribution >= 4 is 22.5 Å².